The van der Waals surface area contributed by atoms with Gasteiger partial charge in [0.15, 0.2) is 0 Å². The van der Waals surface area contributed by atoms with E-state index in [1.165, 1.54) is 18.9 Å². The number of nitrogens with one attached hydrogen (secondary N) is 1. The summed E-state index contributed by atoms with van der Waals surface area (Å²) in [7, 11) is 0. The lowest BCUT2D eigenvalue weighted by Crippen LogP contribution is -2.27. The number of aromatic nitrogens is 1. The molecule has 24 heavy (non-hydrogen) atoms. The van der Waals surface area contributed by atoms with Gasteiger partial charge in [-0.15, -0.1) is 0 Å². The summed E-state index contributed by atoms with van der Waals surface area (Å²) >= 11 is 0. The first-order valence-electron chi connectivity index (χ1n) is 8.70. The number of likely N-dealkylation sites (tertiary alicyclic amines) is 1. The SMILES string of the molecule is CC(=O)NCc1cccc(C2CCCN2CCc2ccccc2)n1. The molecule has 0 radical (unpaired) electrons. The smallest absolute Gasteiger partial charge is 0.217 e. The quantitative estimate of drug-likeness (QED) is 0.888. The largest absolute Gasteiger partial charge is 0.351 e. The summed E-state index contributed by atoms with van der Waals surface area (Å²) < 4.78 is 0. The van der Waals surface area contributed by atoms with E-state index in [1.807, 2.05) is 12.1 Å². The summed E-state index contributed by atoms with van der Waals surface area (Å²) in [5.74, 6) is -0.0208. The van der Waals surface area contributed by atoms with Crippen molar-refractivity contribution in [3.05, 3.63) is 65.5 Å². The molecule has 0 saturated carbocycles. The summed E-state index contributed by atoms with van der Waals surface area (Å²) in [4.78, 5) is 18.4. The number of carbonyl (C=O) groups is 1. The van der Waals surface area contributed by atoms with Crippen LogP contribution in [-0.2, 0) is 17.8 Å². The van der Waals surface area contributed by atoms with Crippen LogP contribution in [0.25, 0.3) is 0 Å². The number of rotatable bonds is 6. The fourth-order valence-corrected chi connectivity index (χ4v) is 3.34. The minimum absolute atomic E-state index is 0.0208. The van der Waals surface area contributed by atoms with Gasteiger partial charge in [0.25, 0.3) is 0 Å². The highest BCUT2D eigenvalue weighted by Gasteiger charge is 2.26. The van der Waals surface area contributed by atoms with Gasteiger partial charge in [-0.3, -0.25) is 14.7 Å². The van der Waals surface area contributed by atoms with Crippen LogP contribution in [0.2, 0.25) is 0 Å². The third kappa shape index (κ3) is 4.42. The standard InChI is InChI=1S/C20H25N3O/c1-16(24)21-15-18-9-5-10-19(22-18)20-11-6-13-23(20)14-12-17-7-3-2-4-8-17/h2-5,7-10,20H,6,11-15H2,1H3,(H,21,24). The second-order valence-corrected chi connectivity index (χ2v) is 6.39. The second-order valence-electron chi connectivity index (χ2n) is 6.39. The van der Waals surface area contributed by atoms with Crippen molar-refractivity contribution in [1.29, 1.82) is 0 Å². The van der Waals surface area contributed by atoms with E-state index in [0.29, 0.717) is 12.6 Å². The van der Waals surface area contributed by atoms with Gasteiger partial charge in [0.1, 0.15) is 0 Å². The van der Waals surface area contributed by atoms with Crippen LogP contribution < -0.4 is 5.32 Å². The molecule has 4 nitrogen and oxygen atoms in total. The molecule has 1 fully saturated rings. The maximum atomic E-state index is 11.1. The Hall–Kier alpha value is -2.20. The fraction of sp³-hybridized carbons (Fsp3) is 0.400. The maximum absolute atomic E-state index is 11.1. The molecule has 1 aliphatic heterocycles. The zero-order valence-corrected chi connectivity index (χ0v) is 14.2. The molecule has 0 aliphatic carbocycles. The fourth-order valence-electron chi connectivity index (χ4n) is 3.34. The molecular formula is C20H25N3O. The summed E-state index contributed by atoms with van der Waals surface area (Å²) in [6, 6.07) is 17.2. The lowest BCUT2D eigenvalue weighted by molar-refractivity contribution is -0.119. The Morgan fingerprint density at radius 2 is 2.04 bits per heavy atom. The lowest BCUT2D eigenvalue weighted by Gasteiger charge is -2.24. The van der Waals surface area contributed by atoms with E-state index < -0.39 is 0 Å². The molecule has 1 amide bonds. The van der Waals surface area contributed by atoms with Crippen LogP contribution in [-0.4, -0.2) is 28.9 Å². The van der Waals surface area contributed by atoms with E-state index in [9.17, 15) is 4.79 Å². The van der Waals surface area contributed by atoms with Gasteiger partial charge < -0.3 is 5.32 Å². The average Bonchev–Trinajstić information content (AvgIpc) is 3.08. The number of benzene rings is 1. The van der Waals surface area contributed by atoms with E-state index in [2.05, 4.69) is 46.6 Å². The second kappa shape index (κ2) is 8.06. The van der Waals surface area contributed by atoms with Gasteiger partial charge in [-0.05, 0) is 43.5 Å². The lowest BCUT2D eigenvalue weighted by atomic mass is 10.1. The van der Waals surface area contributed by atoms with Gasteiger partial charge in [0, 0.05) is 13.5 Å². The third-order valence-corrected chi connectivity index (χ3v) is 4.58. The Labute approximate surface area is 143 Å². The average molecular weight is 323 g/mol. The van der Waals surface area contributed by atoms with Gasteiger partial charge in [0.05, 0.1) is 24.0 Å². The van der Waals surface area contributed by atoms with Crippen molar-refractivity contribution in [3.63, 3.8) is 0 Å². The summed E-state index contributed by atoms with van der Waals surface area (Å²) in [6.07, 6.45) is 3.45. The van der Waals surface area contributed by atoms with Crippen LogP contribution in [0.3, 0.4) is 0 Å². The maximum Gasteiger partial charge on any atom is 0.217 e. The molecule has 1 atom stereocenters. The summed E-state index contributed by atoms with van der Waals surface area (Å²) in [5, 5.41) is 2.82. The highest BCUT2D eigenvalue weighted by molar-refractivity contribution is 5.72. The molecule has 2 heterocycles. The Bertz CT molecular complexity index is 672. The zero-order valence-electron chi connectivity index (χ0n) is 14.2. The van der Waals surface area contributed by atoms with E-state index >= 15 is 0 Å². The topological polar surface area (TPSA) is 45.2 Å². The van der Waals surface area contributed by atoms with Gasteiger partial charge in [0.2, 0.25) is 5.91 Å². The first-order chi connectivity index (χ1) is 11.7. The monoisotopic (exact) mass is 323 g/mol. The molecule has 1 aromatic heterocycles. The number of pyridine rings is 1. The predicted octanol–water partition coefficient (Wildman–Crippen LogP) is 3.10. The van der Waals surface area contributed by atoms with Crippen LogP contribution in [0.5, 0.6) is 0 Å². The number of nitrogens with zero attached hydrogens (tertiary/aromatic N) is 2. The summed E-state index contributed by atoms with van der Waals surface area (Å²) in [6.45, 7) is 4.23. The number of amides is 1. The van der Waals surface area contributed by atoms with Crippen LogP contribution >= 0.6 is 0 Å². The molecule has 1 aromatic carbocycles. The molecule has 1 N–H and O–H groups in total. The van der Waals surface area contributed by atoms with E-state index in [4.69, 9.17) is 4.98 Å². The van der Waals surface area contributed by atoms with Crippen molar-refractivity contribution < 1.29 is 4.79 Å². The van der Waals surface area contributed by atoms with E-state index in [0.717, 1.165) is 37.3 Å². The molecule has 0 bridgehead atoms. The highest BCUT2D eigenvalue weighted by Crippen LogP contribution is 2.30. The third-order valence-electron chi connectivity index (χ3n) is 4.58. The van der Waals surface area contributed by atoms with Gasteiger partial charge in [-0.2, -0.15) is 0 Å². The minimum atomic E-state index is -0.0208. The Kier molecular flexibility index (Phi) is 5.59. The van der Waals surface area contributed by atoms with E-state index in [-0.39, 0.29) is 5.91 Å². The van der Waals surface area contributed by atoms with Crippen molar-refractivity contribution in [1.82, 2.24) is 15.2 Å². The molecule has 0 spiro atoms. The molecule has 4 heteroatoms. The first-order valence-corrected chi connectivity index (χ1v) is 8.70. The molecular weight excluding hydrogens is 298 g/mol. The predicted molar refractivity (Wildman–Crippen MR) is 95.5 cm³/mol. The number of carbonyl (C=O) groups excluding carboxylic acids is 1. The van der Waals surface area contributed by atoms with Crippen molar-refractivity contribution in [2.75, 3.05) is 13.1 Å². The van der Waals surface area contributed by atoms with E-state index in [1.54, 1.807) is 0 Å². The van der Waals surface area contributed by atoms with Crippen molar-refractivity contribution in [2.45, 2.75) is 38.8 Å². The van der Waals surface area contributed by atoms with Crippen LogP contribution in [0, 0.1) is 0 Å². The molecule has 1 aliphatic rings. The number of hydrogen-bond acceptors (Lipinski definition) is 3. The van der Waals surface area contributed by atoms with Crippen molar-refractivity contribution in [3.8, 4) is 0 Å². The number of hydrogen-bond donors (Lipinski definition) is 1. The van der Waals surface area contributed by atoms with Crippen molar-refractivity contribution in [2.24, 2.45) is 0 Å². The van der Waals surface area contributed by atoms with Gasteiger partial charge >= 0.3 is 0 Å². The Morgan fingerprint density at radius 3 is 2.83 bits per heavy atom. The van der Waals surface area contributed by atoms with Crippen LogP contribution in [0.4, 0.5) is 0 Å². The molecule has 2 aromatic rings. The molecule has 1 saturated heterocycles. The van der Waals surface area contributed by atoms with Crippen molar-refractivity contribution >= 4 is 5.91 Å². The first kappa shape index (κ1) is 16.7. The molecule has 3 rings (SSSR count). The molecule has 126 valence electrons. The van der Waals surface area contributed by atoms with Gasteiger partial charge in [-0.1, -0.05) is 36.4 Å². The van der Waals surface area contributed by atoms with Gasteiger partial charge in [-0.25, -0.2) is 0 Å². The zero-order chi connectivity index (χ0) is 16.8. The summed E-state index contributed by atoms with van der Waals surface area (Å²) in [5.41, 5.74) is 3.44. The highest BCUT2D eigenvalue weighted by atomic mass is 16.1. The van der Waals surface area contributed by atoms with Crippen LogP contribution in [0.15, 0.2) is 48.5 Å². The molecule has 1 unspecified atom stereocenters. The Balaban J connectivity index is 1.64. The minimum Gasteiger partial charge on any atom is -0.351 e. The Morgan fingerprint density at radius 1 is 1.21 bits per heavy atom. The normalized spacial score (nSPS) is 17.8. The van der Waals surface area contributed by atoms with Crippen LogP contribution in [0.1, 0.15) is 42.8 Å².